The molecule has 0 atom stereocenters. The highest BCUT2D eigenvalue weighted by molar-refractivity contribution is 5.64. The first-order valence-electron chi connectivity index (χ1n) is 12.4. The molecule has 2 saturated heterocycles. The highest BCUT2D eigenvalue weighted by Gasteiger charge is 2.20. The molecule has 5 nitrogen and oxygen atoms in total. The second kappa shape index (κ2) is 12.8. The van der Waals surface area contributed by atoms with Crippen molar-refractivity contribution in [2.75, 3.05) is 57.5 Å². The Labute approximate surface area is 200 Å². The molecule has 0 unspecified atom stereocenters. The number of nitrogens with one attached hydrogen (secondary N) is 3. The molecule has 0 bridgehead atoms. The van der Waals surface area contributed by atoms with Gasteiger partial charge < -0.3 is 26.6 Å². The zero-order valence-corrected chi connectivity index (χ0v) is 20.6. The summed E-state index contributed by atoms with van der Waals surface area (Å²) in [6.07, 6.45) is 12.0. The Kier molecular flexibility index (Phi) is 9.79. The number of hydrogen-bond donors (Lipinski definition) is 4. The van der Waals surface area contributed by atoms with E-state index in [2.05, 4.69) is 65.3 Å². The van der Waals surface area contributed by atoms with Crippen molar-refractivity contribution in [2.45, 2.75) is 32.1 Å². The number of anilines is 2. The minimum absolute atomic E-state index is 0.498. The number of likely N-dealkylation sites (tertiary alicyclic amines) is 1. The lowest BCUT2D eigenvalue weighted by Gasteiger charge is -2.30. The van der Waals surface area contributed by atoms with Gasteiger partial charge in [-0.05, 0) is 118 Å². The molecule has 180 valence electrons. The molecular weight excluding hydrogens is 406 g/mol. The lowest BCUT2D eigenvalue weighted by Crippen LogP contribution is -2.30. The fraction of sp³-hybridized carbons (Fsp3) is 0.500. The average molecular weight is 450 g/mol. The predicted octanol–water partition coefficient (Wildman–Crippen LogP) is 4.54. The minimum atomic E-state index is 0.498. The second-order valence-electron chi connectivity index (χ2n) is 9.51. The molecule has 0 radical (unpaired) electrons. The first kappa shape index (κ1) is 25.3. The van der Waals surface area contributed by atoms with Gasteiger partial charge in [0, 0.05) is 30.7 Å². The predicted molar refractivity (Wildman–Crippen MR) is 144 cm³/mol. The molecule has 33 heavy (non-hydrogen) atoms. The summed E-state index contributed by atoms with van der Waals surface area (Å²) in [6, 6.07) is 6.64. The van der Waals surface area contributed by atoms with Crippen LogP contribution in [0.2, 0.25) is 0 Å². The quantitative estimate of drug-likeness (QED) is 0.395. The van der Waals surface area contributed by atoms with Crippen LogP contribution in [0.15, 0.2) is 66.4 Å². The number of rotatable bonds is 10. The average Bonchev–Trinajstić information content (AvgIpc) is 2.84. The summed E-state index contributed by atoms with van der Waals surface area (Å²) >= 11 is 0. The van der Waals surface area contributed by atoms with Crippen molar-refractivity contribution in [2.24, 2.45) is 17.6 Å². The smallest absolute Gasteiger partial charge is 0.0405 e. The van der Waals surface area contributed by atoms with E-state index >= 15 is 0 Å². The van der Waals surface area contributed by atoms with E-state index in [0.717, 1.165) is 73.9 Å². The van der Waals surface area contributed by atoms with Crippen molar-refractivity contribution in [3.8, 4) is 0 Å². The number of nitrogens with zero attached hydrogens (tertiary/aromatic N) is 1. The van der Waals surface area contributed by atoms with Crippen LogP contribution < -0.4 is 21.7 Å². The summed E-state index contributed by atoms with van der Waals surface area (Å²) in [7, 11) is 4.19. The van der Waals surface area contributed by atoms with Crippen LogP contribution in [-0.2, 0) is 6.42 Å². The third-order valence-corrected chi connectivity index (χ3v) is 7.02. The van der Waals surface area contributed by atoms with E-state index in [0.29, 0.717) is 12.5 Å². The van der Waals surface area contributed by atoms with Gasteiger partial charge >= 0.3 is 0 Å². The molecule has 1 aromatic carbocycles. The van der Waals surface area contributed by atoms with Gasteiger partial charge in [-0.15, -0.1) is 0 Å². The maximum Gasteiger partial charge on any atom is 0.0405 e. The zero-order valence-electron chi connectivity index (χ0n) is 20.6. The highest BCUT2D eigenvalue weighted by Crippen LogP contribution is 2.30. The van der Waals surface area contributed by atoms with Gasteiger partial charge in [-0.25, -0.2) is 0 Å². The molecule has 0 amide bonds. The Hall–Kier alpha value is -2.34. The van der Waals surface area contributed by atoms with Gasteiger partial charge in [0.2, 0.25) is 0 Å². The van der Waals surface area contributed by atoms with Crippen LogP contribution in [0.1, 0.15) is 31.2 Å². The van der Waals surface area contributed by atoms with Crippen LogP contribution in [0, 0.1) is 11.8 Å². The maximum atomic E-state index is 5.74. The molecule has 2 aliphatic rings. The number of allylic oxidation sites excluding steroid dienone is 4. The Morgan fingerprint density at radius 3 is 2.58 bits per heavy atom. The van der Waals surface area contributed by atoms with Gasteiger partial charge in [0.05, 0.1) is 0 Å². The molecule has 0 aromatic heterocycles. The monoisotopic (exact) mass is 449 g/mol. The summed E-state index contributed by atoms with van der Waals surface area (Å²) in [5.74, 6) is 1.27. The Balaban J connectivity index is 1.71. The molecule has 3 rings (SSSR count). The standard InChI is InChI=1S/C28H43N5/c1-21(22(2)24-11-16-33(4)17-12-24)18-26(6-5-13-29)32-27-8-7-25(28(20-27)30-3)19-23-9-14-31-15-10-23/h5-8,18,20,23-24,30-32H,1-2,9-17,19,29H2,3-4H3/b6-5-,26-18+. The van der Waals surface area contributed by atoms with Crippen LogP contribution in [0.5, 0.6) is 0 Å². The van der Waals surface area contributed by atoms with Crippen molar-refractivity contribution < 1.29 is 0 Å². The molecule has 1 aromatic rings. The van der Waals surface area contributed by atoms with Gasteiger partial charge in [-0.2, -0.15) is 0 Å². The highest BCUT2D eigenvalue weighted by atomic mass is 15.1. The number of benzene rings is 1. The SMILES string of the molecule is C=C(/C=C(\C=C/CN)Nc1ccc(CC2CCNCC2)c(NC)c1)C(=C)C1CCN(C)CC1. The van der Waals surface area contributed by atoms with Crippen molar-refractivity contribution in [3.05, 3.63) is 72.0 Å². The van der Waals surface area contributed by atoms with E-state index in [1.807, 2.05) is 19.2 Å². The van der Waals surface area contributed by atoms with Gasteiger partial charge in [0.25, 0.3) is 0 Å². The van der Waals surface area contributed by atoms with E-state index in [9.17, 15) is 0 Å². The van der Waals surface area contributed by atoms with E-state index in [4.69, 9.17) is 5.73 Å². The fourth-order valence-electron chi connectivity index (χ4n) is 4.85. The third kappa shape index (κ3) is 7.60. The van der Waals surface area contributed by atoms with Crippen LogP contribution in [-0.4, -0.2) is 51.7 Å². The maximum absolute atomic E-state index is 5.74. The van der Waals surface area contributed by atoms with Gasteiger partial charge in [0.1, 0.15) is 0 Å². The lowest BCUT2D eigenvalue weighted by molar-refractivity contribution is 0.239. The molecule has 2 aliphatic heterocycles. The van der Waals surface area contributed by atoms with E-state index in [1.165, 1.54) is 24.1 Å². The molecule has 2 fully saturated rings. The minimum Gasteiger partial charge on any atom is -0.388 e. The summed E-state index contributed by atoms with van der Waals surface area (Å²) in [5, 5.41) is 10.4. The van der Waals surface area contributed by atoms with E-state index in [1.54, 1.807) is 0 Å². The van der Waals surface area contributed by atoms with E-state index < -0.39 is 0 Å². The second-order valence-corrected chi connectivity index (χ2v) is 9.51. The van der Waals surface area contributed by atoms with Crippen molar-refractivity contribution in [1.29, 1.82) is 0 Å². The van der Waals surface area contributed by atoms with E-state index in [-0.39, 0.29) is 0 Å². The van der Waals surface area contributed by atoms with Crippen molar-refractivity contribution >= 4 is 11.4 Å². The normalized spacial score (nSPS) is 19.1. The third-order valence-electron chi connectivity index (χ3n) is 7.02. The molecule has 5 heteroatoms. The Morgan fingerprint density at radius 2 is 1.91 bits per heavy atom. The van der Waals surface area contributed by atoms with Crippen LogP contribution >= 0.6 is 0 Å². The molecule has 0 spiro atoms. The lowest BCUT2D eigenvalue weighted by atomic mass is 9.86. The molecule has 2 heterocycles. The summed E-state index contributed by atoms with van der Waals surface area (Å²) in [4.78, 5) is 2.38. The molecule has 5 N–H and O–H groups in total. The van der Waals surface area contributed by atoms with Crippen molar-refractivity contribution in [3.63, 3.8) is 0 Å². The summed E-state index contributed by atoms with van der Waals surface area (Å²) in [6.45, 7) is 13.7. The number of hydrogen-bond acceptors (Lipinski definition) is 5. The topological polar surface area (TPSA) is 65.3 Å². The van der Waals surface area contributed by atoms with Crippen molar-refractivity contribution in [1.82, 2.24) is 10.2 Å². The Morgan fingerprint density at radius 1 is 1.18 bits per heavy atom. The zero-order chi connectivity index (χ0) is 23.6. The van der Waals surface area contributed by atoms with Gasteiger partial charge in [-0.3, -0.25) is 0 Å². The summed E-state index contributed by atoms with van der Waals surface area (Å²) < 4.78 is 0. The number of nitrogens with two attached hydrogens (primary N) is 1. The fourth-order valence-corrected chi connectivity index (χ4v) is 4.85. The first-order chi connectivity index (χ1) is 16.0. The van der Waals surface area contributed by atoms with Gasteiger partial charge in [-0.1, -0.05) is 25.3 Å². The van der Waals surface area contributed by atoms with Gasteiger partial charge in [0.15, 0.2) is 0 Å². The molecule has 0 saturated carbocycles. The summed E-state index contributed by atoms with van der Waals surface area (Å²) in [5.41, 5.74) is 12.5. The molecular formula is C28H43N5. The largest absolute Gasteiger partial charge is 0.388 e. The van der Waals surface area contributed by atoms with Crippen LogP contribution in [0.25, 0.3) is 0 Å². The van der Waals surface area contributed by atoms with Crippen LogP contribution in [0.3, 0.4) is 0 Å². The molecule has 0 aliphatic carbocycles. The number of piperidine rings is 2. The van der Waals surface area contributed by atoms with Crippen LogP contribution in [0.4, 0.5) is 11.4 Å². The first-order valence-corrected chi connectivity index (χ1v) is 12.4. The Bertz CT molecular complexity index is 855.